The molecule has 0 spiro atoms. The van der Waals surface area contributed by atoms with Gasteiger partial charge in [-0.15, -0.1) is 0 Å². The van der Waals surface area contributed by atoms with Crippen LogP contribution in [-0.2, 0) is 21.1 Å². The number of benzene rings is 1. The number of aromatic nitrogens is 3. The third kappa shape index (κ3) is 4.33. The maximum atomic E-state index is 14.0. The van der Waals surface area contributed by atoms with Crippen molar-refractivity contribution in [2.75, 3.05) is 30.0 Å². The summed E-state index contributed by atoms with van der Waals surface area (Å²) in [7, 11) is -2.28. The van der Waals surface area contributed by atoms with Crippen molar-refractivity contribution in [1.82, 2.24) is 19.5 Å². The van der Waals surface area contributed by atoms with Gasteiger partial charge in [0.1, 0.15) is 0 Å². The molecule has 2 aliphatic heterocycles. The molecule has 1 atom stereocenters. The first-order valence-electron chi connectivity index (χ1n) is 10.9. The van der Waals surface area contributed by atoms with Gasteiger partial charge in [-0.25, -0.2) is 17.9 Å². The summed E-state index contributed by atoms with van der Waals surface area (Å²) in [6, 6.07) is 5.32. The fraction of sp³-hybridized carbons (Fsp3) is 0.409. The summed E-state index contributed by atoms with van der Waals surface area (Å²) in [5.74, 6) is -2.61. The number of carbonyl (C=O) groups is 1. The molecule has 0 aliphatic carbocycles. The Hall–Kier alpha value is -2.86. The van der Waals surface area contributed by atoms with Crippen molar-refractivity contribution >= 4 is 44.4 Å². The molecule has 0 unspecified atom stereocenters. The van der Waals surface area contributed by atoms with Gasteiger partial charge in [-0.3, -0.25) is 4.79 Å². The first-order chi connectivity index (χ1) is 16.4. The molecule has 0 bridgehead atoms. The van der Waals surface area contributed by atoms with E-state index in [9.17, 15) is 26.4 Å². The summed E-state index contributed by atoms with van der Waals surface area (Å²) in [6.45, 7) is 0.645. The van der Waals surface area contributed by atoms with E-state index < -0.39 is 45.4 Å². The van der Waals surface area contributed by atoms with Crippen LogP contribution in [0.2, 0.25) is 5.15 Å². The Morgan fingerprint density at radius 1 is 1.23 bits per heavy atom. The fourth-order valence-corrected chi connectivity index (χ4v) is 6.37. The van der Waals surface area contributed by atoms with E-state index in [1.54, 1.807) is 28.9 Å². The molecule has 13 heteroatoms. The molecule has 8 nitrogen and oxygen atoms in total. The van der Waals surface area contributed by atoms with Gasteiger partial charge in [0.2, 0.25) is 5.91 Å². The highest BCUT2D eigenvalue weighted by atomic mass is 35.5. The predicted octanol–water partition coefficient (Wildman–Crippen LogP) is 3.57. The third-order valence-corrected chi connectivity index (χ3v) is 8.45. The number of halogens is 4. The SMILES string of the molecule is CN(C(=O)C1CS(=O)(=O)C1)[C@@H](c1ccc(N2CCCc3c2cnc2cc(Cl)nn32)cc1)C(F)(F)F. The Morgan fingerprint density at radius 2 is 1.91 bits per heavy atom. The van der Waals surface area contributed by atoms with E-state index in [1.807, 2.05) is 4.90 Å². The van der Waals surface area contributed by atoms with Gasteiger partial charge < -0.3 is 9.80 Å². The summed E-state index contributed by atoms with van der Waals surface area (Å²) >= 11 is 6.02. The van der Waals surface area contributed by atoms with E-state index in [2.05, 4.69) is 10.1 Å². The van der Waals surface area contributed by atoms with Crippen LogP contribution < -0.4 is 4.90 Å². The van der Waals surface area contributed by atoms with Crippen LogP contribution >= 0.6 is 11.6 Å². The lowest BCUT2D eigenvalue weighted by atomic mass is 10.0. The lowest BCUT2D eigenvalue weighted by Crippen LogP contribution is -2.50. The van der Waals surface area contributed by atoms with Crippen LogP contribution in [-0.4, -0.2) is 65.1 Å². The smallest absolute Gasteiger partial charge is 0.339 e. The van der Waals surface area contributed by atoms with Crippen LogP contribution in [0.25, 0.3) is 5.65 Å². The monoisotopic (exact) mass is 527 g/mol. The zero-order valence-electron chi connectivity index (χ0n) is 18.5. The van der Waals surface area contributed by atoms with Crippen LogP contribution in [0.15, 0.2) is 36.5 Å². The molecule has 2 aromatic heterocycles. The molecule has 5 rings (SSSR count). The molecule has 0 N–H and O–H groups in total. The normalized spacial score (nSPS) is 18.7. The Morgan fingerprint density at radius 3 is 2.54 bits per heavy atom. The number of nitrogens with zero attached hydrogens (tertiary/aromatic N) is 5. The average Bonchev–Trinajstić information content (AvgIpc) is 3.17. The summed E-state index contributed by atoms with van der Waals surface area (Å²) in [5, 5.41) is 4.61. The second-order valence-electron chi connectivity index (χ2n) is 8.84. The minimum absolute atomic E-state index is 0.107. The Kier molecular flexibility index (Phi) is 5.71. The number of carbonyl (C=O) groups excluding carboxylic acids is 1. The van der Waals surface area contributed by atoms with Gasteiger partial charge >= 0.3 is 6.18 Å². The molecular formula is C22H21ClF3N5O3S. The number of fused-ring (bicyclic) bond motifs is 3. The largest absolute Gasteiger partial charge is 0.413 e. The second kappa shape index (κ2) is 8.37. The summed E-state index contributed by atoms with van der Waals surface area (Å²) in [4.78, 5) is 19.5. The lowest BCUT2D eigenvalue weighted by molar-refractivity contribution is -0.190. The van der Waals surface area contributed by atoms with Gasteiger partial charge in [0.25, 0.3) is 0 Å². The Balaban J connectivity index is 1.43. The number of sulfone groups is 1. The van der Waals surface area contributed by atoms with E-state index in [1.165, 1.54) is 12.1 Å². The average molecular weight is 528 g/mol. The molecule has 1 aromatic carbocycles. The van der Waals surface area contributed by atoms with Gasteiger partial charge in [0.15, 0.2) is 26.7 Å². The van der Waals surface area contributed by atoms with E-state index in [-0.39, 0.29) is 5.56 Å². The number of rotatable bonds is 4. The van der Waals surface area contributed by atoms with Crippen molar-refractivity contribution in [3.63, 3.8) is 0 Å². The first-order valence-corrected chi connectivity index (χ1v) is 13.1. The van der Waals surface area contributed by atoms with Gasteiger partial charge in [0.05, 0.1) is 35.0 Å². The molecule has 35 heavy (non-hydrogen) atoms. The van der Waals surface area contributed by atoms with E-state index in [4.69, 9.17) is 11.6 Å². The molecule has 0 saturated carbocycles. The molecule has 3 aromatic rings. The standard InChI is InChI=1S/C22H21ClF3N5O3S/c1-29(21(32)14-11-35(33,34)12-14)20(22(24,25)26)13-4-6-15(7-5-13)30-8-2-3-16-17(30)10-27-19-9-18(23)28-31(16)19/h4-7,9-10,14,20H,2-3,8,11-12H2,1H3/t20-/m0/s1. The topological polar surface area (TPSA) is 87.9 Å². The van der Waals surface area contributed by atoms with Crippen molar-refractivity contribution in [3.05, 3.63) is 52.9 Å². The zero-order valence-corrected chi connectivity index (χ0v) is 20.1. The number of amides is 1. The number of anilines is 2. The van der Waals surface area contributed by atoms with Gasteiger partial charge in [-0.1, -0.05) is 23.7 Å². The highest BCUT2D eigenvalue weighted by Crippen LogP contribution is 2.40. The Bertz CT molecular complexity index is 1400. The van der Waals surface area contributed by atoms with Crippen molar-refractivity contribution in [2.45, 2.75) is 25.1 Å². The van der Waals surface area contributed by atoms with Crippen LogP contribution in [0.3, 0.4) is 0 Å². The van der Waals surface area contributed by atoms with Gasteiger partial charge in [-0.05, 0) is 30.5 Å². The molecule has 0 radical (unpaired) electrons. The first kappa shape index (κ1) is 23.9. The highest BCUT2D eigenvalue weighted by Gasteiger charge is 2.49. The molecular weight excluding hydrogens is 507 g/mol. The zero-order chi connectivity index (χ0) is 25.1. The van der Waals surface area contributed by atoms with Crippen LogP contribution in [0.5, 0.6) is 0 Å². The summed E-state index contributed by atoms with van der Waals surface area (Å²) in [6.07, 6.45) is -1.48. The molecule has 1 amide bonds. The summed E-state index contributed by atoms with van der Waals surface area (Å²) < 4.78 is 66.5. The van der Waals surface area contributed by atoms with Crippen LogP contribution in [0, 0.1) is 5.92 Å². The number of hydrogen-bond donors (Lipinski definition) is 0. The molecule has 1 fully saturated rings. The van der Waals surface area contributed by atoms with Crippen molar-refractivity contribution < 1.29 is 26.4 Å². The third-order valence-electron chi connectivity index (χ3n) is 6.44. The minimum atomic E-state index is -4.73. The van der Waals surface area contributed by atoms with Crippen LogP contribution in [0.4, 0.5) is 24.5 Å². The van der Waals surface area contributed by atoms with E-state index >= 15 is 0 Å². The number of alkyl halides is 3. The molecule has 4 heterocycles. The second-order valence-corrected chi connectivity index (χ2v) is 11.4. The number of aryl methyl sites for hydroxylation is 1. The van der Waals surface area contributed by atoms with E-state index in [0.717, 1.165) is 31.3 Å². The van der Waals surface area contributed by atoms with Crippen LogP contribution in [0.1, 0.15) is 23.7 Å². The van der Waals surface area contributed by atoms with E-state index in [0.29, 0.717) is 27.9 Å². The molecule has 186 valence electrons. The van der Waals surface area contributed by atoms with Crippen molar-refractivity contribution in [2.24, 2.45) is 5.92 Å². The van der Waals surface area contributed by atoms with Gasteiger partial charge in [-0.2, -0.15) is 18.3 Å². The fourth-order valence-electron chi connectivity index (χ4n) is 4.79. The molecule has 2 aliphatic rings. The minimum Gasteiger partial charge on any atom is -0.339 e. The van der Waals surface area contributed by atoms with Crippen molar-refractivity contribution in [1.29, 1.82) is 0 Å². The summed E-state index contributed by atoms with van der Waals surface area (Å²) in [5.41, 5.74) is 2.89. The predicted molar refractivity (Wildman–Crippen MR) is 123 cm³/mol. The lowest BCUT2D eigenvalue weighted by Gasteiger charge is -2.35. The van der Waals surface area contributed by atoms with Gasteiger partial charge in [0, 0.05) is 25.3 Å². The Labute approximate surface area is 204 Å². The van der Waals surface area contributed by atoms with Crippen molar-refractivity contribution in [3.8, 4) is 0 Å². The maximum absolute atomic E-state index is 14.0. The number of hydrogen-bond acceptors (Lipinski definition) is 6. The quantitative estimate of drug-likeness (QED) is 0.515. The maximum Gasteiger partial charge on any atom is 0.413 e. The highest BCUT2D eigenvalue weighted by molar-refractivity contribution is 7.92. The molecule has 1 saturated heterocycles.